The average molecular weight is 281 g/mol. The molecule has 0 saturated carbocycles. The van der Waals surface area contributed by atoms with Crippen LogP contribution in [-0.4, -0.2) is 53.7 Å². The maximum atomic E-state index is 4.42. The first-order valence-electron chi connectivity index (χ1n) is 7.49. The van der Waals surface area contributed by atoms with Crippen molar-refractivity contribution >= 4 is 5.95 Å². The summed E-state index contributed by atoms with van der Waals surface area (Å²) in [4.78, 5) is 8.96. The molecule has 0 radical (unpaired) electrons. The van der Waals surface area contributed by atoms with Crippen LogP contribution in [0.15, 0.2) is 6.20 Å². The van der Waals surface area contributed by atoms with Crippen LogP contribution in [0.3, 0.4) is 0 Å². The molecule has 0 spiro atoms. The third-order valence-corrected chi connectivity index (χ3v) is 3.64. The van der Waals surface area contributed by atoms with Crippen LogP contribution in [-0.2, 0) is 13.6 Å². The van der Waals surface area contributed by atoms with E-state index in [0.29, 0.717) is 12.1 Å². The molecule has 0 atom stereocenters. The minimum Gasteiger partial charge on any atom is -0.348 e. The Morgan fingerprint density at radius 2 is 1.80 bits per heavy atom. The van der Waals surface area contributed by atoms with Crippen molar-refractivity contribution in [2.45, 2.75) is 46.3 Å². The number of nitrogens with zero attached hydrogens (tertiary/aromatic N) is 4. The van der Waals surface area contributed by atoms with E-state index in [0.717, 1.165) is 25.6 Å². The van der Waals surface area contributed by atoms with Gasteiger partial charge in [0.15, 0.2) is 0 Å². The van der Waals surface area contributed by atoms with Gasteiger partial charge in [0.1, 0.15) is 0 Å². The molecule has 5 heteroatoms. The standard InChI is InChI=1S/C15H31N5/c1-12(2)20(13(3)4)9-8-16-10-14-11-17-15(18(5)6)19(14)7/h11-13,16H,8-10H2,1-7H3. The van der Waals surface area contributed by atoms with E-state index >= 15 is 0 Å². The van der Waals surface area contributed by atoms with Crippen LogP contribution >= 0.6 is 0 Å². The SMILES string of the molecule is CC(C)N(CCNCc1cnc(N(C)C)n1C)C(C)C. The minimum absolute atomic E-state index is 0.592. The molecule has 1 N–H and O–H groups in total. The molecule has 1 heterocycles. The minimum atomic E-state index is 0.592. The lowest BCUT2D eigenvalue weighted by molar-refractivity contribution is 0.175. The molecule has 5 nitrogen and oxygen atoms in total. The molecule has 1 aromatic heterocycles. The fraction of sp³-hybridized carbons (Fsp3) is 0.800. The Bertz CT molecular complexity index is 387. The fourth-order valence-corrected chi connectivity index (χ4v) is 2.55. The number of nitrogens with one attached hydrogen (secondary N) is 1. The van der Waals surface area contributed by atoms with Crippen LogP contribution < -0.4 is 10.2 Å². The van der Waals surface area contributed by atoms with Crippen LogP contribution in [0.4, 0.5) is 5.95 Å². The number of hydrogen-bond donors (Lipinski definition) is 1. The zero-order valence-corrected chi connectivity index (χ0v) is 14.1. The molecule has 0 amide bonds. The molecule has 116 valence electrons. The lowest BCUT2D eigenvalue weighted by Crippen LogP contribution is -2.41. The molecular formula is C15H31N5. The number of rotatable bonds is 8. The summed E-state index contributed by atoms with van der Waals surface area (Å²) in [5.41, 5.74) is 1.22. The Morgan fingerprint density at radius 1 is 1.20 bits per heavy atom. The normalized spacial score (nSPS) is 11.9. The molecule has 0 aromatic carbocycles. The van der Waals surface area contributed by atoms with E-state index in [1.807, 2.05) is 25.2 Å². The van der Waals surface area contributed by atoms with Gasteiger partial charge in [0.2, 0.25) is 5.95 Å². The van der Waals surface area contributed by atoms with Gasteiger partial charge in [0, 0.05) is 52.9 Å². The summed E-state index contributed by atoms with van der Waals surface area (Å²) in [5, 5.41) is 3.51. The zero-order chi connectivity index (χ0) is 15.3. The van der Waals surface area contributed by atoms with Gasteiger partial charge < -0.3 is 14.8 Å². The summed E-state index contributed by atoms with van der Waals surface area (Å²) in [6, 6.07) is 1.18. The Balaban J connectivity index is 2.41. The Labute approximate surface area is 124 Å². The molecular weight excluding hydrogens is 250 g/mol. The Hall–Kier alpha value is -1.07. The van der Waals surface area contributed by atoms with E-state index in [-0.39, 0.29) is 0 Å². The second-order valence-corrected chi connectivity index (χ2v) is 6.11. The molecule has 0 aliphatic carbocycles. The van der Waals surface area contributed by atoms with Gasteiger partial charge in [-0.15, -0.1) is 0 Å². The van der Waals surface area contributed by atoms with E-state index in [2.05, 4.69) is 54.5 Å². The first kappa shape index (κ1) is 17.0. The highest BCUT2D eigenvalue weighted by Gasteiger charge is 2.12. The lowest BCUT2D eigenvalue weighted by Gasteiger charge is -2.30. The second kappa shape index (κ2) is 7.64. The summed E-state index contributed by atoms with van der Waals surface area (Å²) in [6.45, 7) is 12.0. The van der Waals surface area contributed by atoms with Crippen molar-refractivity contribution in [1.29, 1.82) is 0 Å². The highest BCUT2D eigenvalue weighted by Crippen LogP contribution is 2.10. The topological polar surface area (TPSA) is 36.3 Å². The molecule has 1 rings (SSSR count). The number of anilines is 1. The highest BCUT2D eigenvalue weighted by atomic mass is 15.3. The zero-order valence-electron chi connectivity index (χ0n) is 14.1. The Kier molecular flexibility index (Phi) is 6.49. The number of aromatic nitrogens is 2. The van der Waals surface area contributed by atoms with Gasteiger partial charge in [0.25, 0.3) is 0 Å². The van der Waals surface area contributed by atoms with Gasteiger partial charge in [-0.2, -0.15) is 0 Å². The van der Waals surface area contributed by atoms with Crippen LogP contribution in [0, 0.1) is 0 Å². The molecule has 0 saturated heterocycles. The van der Waals surface area contributed by atoms with Crippen LogP contribution in [0.2, 0.25) is 0 Å². The average Bonchev–Trinajstić information content (AvgIpc) is 2.69. The number of hydrogen-bond acceptors (Lipinski definition) is 4. The molecule has 0 bridgehead atoms. The van der Waals surface area contributed by atoms with Gasteiger partial charge in [-0.05, 0) is 27.7 Å². The number of imidazole rings is 1. The van der Waals surface area contributed by atoms with Crippen molar-refractivity contribution in [3.63, 3.8) is 0 Å². The predicted molar refractivity (Wildman–Crippen MR) is 86.2 cm³/mol. The van der Waals surface area contributed by atoms with Gasteiger partial charge in [0.05, 0.1) is 11.9 Å². The van der Waals surface area contributed by atoms with Crippen LogP contribution in [0.25, 0.3) is 0 Å². The highest BCUT2D eigenvalue weighted by molar-refractivity contribution is 5.30. The molecule has 1 aromatic rings. The summed E-state index contributed by atoms with van der Waals surface area (Å²) >= 11 is 0. The summed E-state index contributed by atoms with van der Waals surface area (Å²) in [7, 11) is 6.10. The van der Waals surface area contributed by atoms with E-state index in [1.165, 1.54) is 5.69 Å². The van der Waals surface area contributed by atoms with Gasteiger partial charge in [-0.1, -0.05) is 0 Å². The monoisotopic (exact) mass is 281 g/mol. The summed E-state index contributed by atoms with van der Waals surface area (Å²) in [5.74, 6) is 0.993. The molecule has 0 unspecified atom stereocenters. The van der Waals surface area contributed by atoms with Crippen LogP contribution in [0.1, 0.15) is 33.4 Å². The maximum Gasteiger partial charge on any atom is 0.204 e. The maximum absolute atomic E-state index is 4.42. The molecule has 0 aliphatic heterocycles. The molecule has 20 heavy (non-hydrogen) atoms. The first-order chi connectivity index (χ1) is 9.34. The fourth-order valence-electron chi connectivity index (χ4n) is 2.55. The van der Waals surface area contributed by atoms with Crippen molar-refractivity contribution in [2.75, 3.05) is 32.1 Å². The Morgan fingerprint density at radius 3 is 2.25 bits per heavy atom. The molecule has 0 aliphatic rings. The lowest BCUT2D eigenvalue weighted by atomic mass is 10.2. The van der Waals surface area contributed by atoms with E-state index < -0.39 is 0 Å². The third-order valence-electron chi connectivity index (χ3n) is 3.64. The van der Waals surface area contributed by atoms with Crippen molar-refractivity contribution in [3.05, 3.63) is 11.9 Å². The van der Waals surface area contributed by atoms with Crippen LogP contribution in [0.5, 0.6) is 0 Å². The third kappa shape index (κ3) is 4.49. The van der Waals surface area contributed by atoms with Crippen molar-refractivity contribution in [1.82, 2.24) is 19.8 Å². The summed E-state index contributed by atoms with van der Waals surface area (Å²) in [6.07, 6.45) is 1.95. The predicted octanol–water partition coefficient (Wildman–Crippen LogP) is 1.69. The van der Waals surface area contributed by atoms with E-state index in [9.17, 15) is 0 Å². The molecule has 0 fully saturated rings. The largest absolute Gasteiger partial charge is 0.348 e. The van der Waals surface area contributed by atoms with Crippen molar-refractivity contribution < 1.29 is 0 Å². The van der Waals surface area contributed by atoms with Crippen molar-refractivity contribution in [2.24, 2.45) is 7.05 Å². The summed E-state index contributed by atoms with van der Waals surface area (Å²) < 4.78 is 2.13. The van der Waals surface area contributed by atoms with Gasteiger partial charge in [-0.3, -0.25) is 4.90 Å². The smallest absolute Gasteiger partial charge is 0.204 e. The quantitative estimate of drug-likeness (QED) is 0.736. The van der Waals surface area contributed by atoms with E-state index in [1.54, 1.807) is 0 Å². The second-order valence-electron chi connectivity index (χ2n) is 6.11. The van der Waals surface area contributed by atoms with E-state index in [4.69, 9.17) is 0 Å². The van der Waals surface area contributed by atoms with Crippen molar-refractivity contribution in [3.8, 4) is 0 Å². The van der Waals surface area contributed by atoms with Gasteiger partial charge in [-0.25, -0.2) is 4.98 Å². The first-order valence-corrected chi connectivity index (χ1v) is 7.49. The van der Waals surface area contributed by atoms with Gasteiger partial charge >= 0.3 is 0 Å².